The van der Waals surface area contributed by atoms with E-state index in [1.165, 1.54) is 11.3 Å². The first-order chi connectivity index (χ1) is 11.0. The lowest BCUT2D eigenvalue weighted by Gasteiger charge is -2.33. The molecule has 122 valence electrons. The smallest absolute Gasteiger partial charge is 0.314 e. The van der Waals surface area contributed by atoms with E-state index in [0.29, 0.717) is 31.0 Å². The highest BCUT2D eigenvalue weighted by Crippen LogP contribution is 2.42. The molecule has 0 spiro atoms. The van der Waals surface area contributed by atoms with Crippen molar-refractivity contribution in [2.24, 2.45) is 11.3 Å². The molecule has 2 atom stereocenters. The van der Waals surface area contributed by atoms with Crippen LogP contribution in [-0.2, 0) is 9.53 Å². The van der Waals surface area contributed by atoms with Crippen LogP contribution in [0.2, 0.25) is 0 Å². The summed E-state index contributed by atoms with van der Waals surface area (Å²) >= 11 is 1.47. The van der Waals surface area contributed by atoms with E-state index in [1.807, 2.05) is 18.5 Å². The summed E-state index contributed by atoms with van der Waals surface area (Å²) < 4.78 is 7.20. The zero-order valence-electron chi connectivity index (χ0n) is 12.7. The number of hydrogen-bond donors (Lipinski definition) is 1. The summed E-state index contributed by atoms with van der Waals surface area (Å²) in [5.74, 6) is -1.07. The fourth-order valence-corrected chi connectivity index (χ4v) is 4.51. The number of aromatic nitrogens is 2. The number of imidazole rings is 1. The van der Waals surface area contributed by atoms with Crippen LogP contribution in [-0.4, -0.2) is 57.6 Å². The predicted molar refractivity (Wildman–Crippen MR) is 82.7 cm³/mol. The van der Waals surface area contributed by atoms with Gasteiger partial charge in [0.25, 0.3) is 5.91 Å². The molecule has 2 aromatic rings. The molecule has 7 nitrogen and oxygen atoms in total. The highest BCUT2D eigenvalue weighted by molar-refractivity contribution is 7.15. The normalized spacial score (nSPS) is 27.3. The lowest BCUT2D eigenvalue weighted by molar-refractivity contribution is -0.159. The van der Waals surface area contributed by atoms with E-state index in [4.69, 9.17) is 4.74 Å². The topological polar surface area (TPSA) is 84.1 Å². The quantitative estimate of drug-likeness (QED) is 0.893. The molecule has 0 saturated carbocycles. The summed E-state index contributed by atoms with van der Waals surface area (Å²) in [6, 6.07) is 0. The van der Waals surface area contributed by atoms with Gasteiger partial charge in [-0.1, -0.05) is 0 Å². The molecule has 2 aliphatic heterocycles. The van der Waals surface area contributed by atoms with Crippen molar-refractivity contribution in [1.82, 2.24) is 14.3 Å². The molecule has 23 heavy (non-hydrogen) atoms. The first-order valence-corrected chi connectivity index (χ1v) is 8.43. The summed E-state index contributed by atoms with van der Waals surface area (Å²) in [6.45, 7) is 3.21. The third kappa shape index (κ3) is 2.01. The molecule has 8 heteroatoms. The number of thiazole rings is 1. The van der Waals surface area contributed by atoms with Gasteiger partial charge in [0.15, 0.2) is 4.96 Å². The second-order valence-corrected chi connectivity index (χ2v) is 7.16. The van der Waals surface area contributed by atoms with E-state index in [0.717, 1.165) is 4.96 Å². The SMILES string of the molecule is Cc1nc2sccn2c1C(=O)N1C[C@@H]2CCOC[C@]2(C(=O)O)C1. The van der Waals surface area contributed by atoms with Gasteiger partial charge >= 0.3 is 5.97 Å². The van der Waals surface area contributed by atoms with Crippen LogP contribution in [0.3, 0.4) is 0 Å². The highest BCUT2D eigenvalue weighted by atomic mass is 32.1. The van der Waals surface area contributed by atoms with Gasteiger partial charge in [-0.25, -0.2) is 4.98 Å². The molecule has 0 unspecified atom stereocenters. The minimum absolute atomic E-state index is 0.0520. The van der Waals surface area contributed by atoms with Crippen molar-refractivity contribution in [1.29, 1.82) is 0 Å². The zero-order chi connectivity index (χ0) is 16.2. The van der Waals surface area contributed by atoms with Crippen molar-refractivity contribution in [3.63, 3.8) is 0 Å². The molecule has 2 aromatic heterocycles. The molecule has 1 amide bonds. The van der Waals surface area contributed by atoms with Gasteiger partial charge in [0, 0.05) is 31.3 Å². The molecule has 1 N–H and O–H groups in total. The Kier molecular flexibility index (Phi) is 3.21. The molecule has 0 aliphatic carbocycles. The van der Waals surface area contributed by atoms with Crippen LogP contribution >= 0.6 is 11.3 Å². The number of aryl methyl sites for hydroxylation is 1. The largest absolute Gasteiger partial charge is 0.481 e. The van der Waals surface area contributed by atoms with Crippen LogP contribution in [0.4, 0.5) is 0 Å². The number of likely N-dealkylation sites (tertiary alicyclic amines) is 1. The molecule has 0 bridgehead atoms. The molecule has 2 fully saturated rings. The standard InChI is InChI=1S/C15H17N3O4S/c1-9-11(18-3-5-23-14(18)16-9)12(19)17-6-10-2-4-22-8-15(10,7-17)13(20)21/h3,5,10H,2,4,6-8H2,1H3,(H,20,21)/t10-,15+/m0/s1. The Bertz CT molecular complexity index is 798. The number of carboxylic acids is 1. The summed E-state index contributed by atoms with van der Waals surface area (Å²) in [7, 11) is 0. The minimum Gasteiger partial charge on any atom is -0.481 e. The highest BCUT2D eigenvalue weighted by Gasteiger charge is 2.55. The van der Waals surface area contributed by atoms with Gasteiger partial charge in [0.2, 0.25) is 0 Å². The third-order valence-corrected chi connectivity index (χ3v) is 5.77. The average molecular weight is 335 g/mol. The number of carbonyl (C=O) groups is 2. The van der Waals surface area contributed by atoms with E-state index in [-0.39, 0.29) is 25.0 Å². The molecular weight excluding hydrogens is 318 g/mol. The Hall–Kier alpha value is -1.93. The summed E-state index contributed by atoms with van der Waals surface area (Å²) in [4.78, 5) is 31.6. The van der Waals surface area contributed by atoms with Crippen LogP contribution in [0.15, 0.2) is 11.6 Å². The Morgan fingerprint density at radius 1 is 1.52 bits per heavy atom. The summed E-state index contributed by atoms with van der Waals surface area (Å²) in [5.41, 5.74) is 0.235. The van der Waals surface area contributed by atoms with Gasteiger partial charge in [0.05, 0.1) is 12.3 Å². The van der Waals surface area contributed by atoms with Gasteiger partial charge in [-0.2, -0.15) is 0 Å². The maximum atomic E-state index is 13.0. The number of hydrogen-bond acceptors (Lipinski definition) is 5. The Morgan fingerprint density at radius 3 is 3.09 bits per heavy atom. The van der Waals surface area contributed by atoms with Gasteiger partial charge < -0.3 is 14.7 Å². The van der Waals surface area contributed by atoms with Gasteiger partial charge in [-0.15, -0.1) is 11.3 Å². The maximum absolute atomic E-state index is 13.0. The molecule has 0 radical (unpaired) electrons. The molecule has 4 rings (SSSR count). The monoisotopic (exact) mass is 335 g/mol. The van der Waals surface area contributed by atoms with Crippen molar-refractivity contribution < 1.29 is 19.4 Å². The van der Waals surface area contributed by atoms with Gasteiger partial charge in [-0.05, 0) is 19.3 Å². The van der Waals surface area contributed by atoms with Crippen molar-refractivity contribution in [2.75, 3.05) is 26.3 Å². The molecule has 4 heterocycles. The Balaban J connectivity index is 1.69. The summed E-state index contributed by atoms with van der Waals surface area (Å²) in [5, 5.41) is 11.6. The van der Waals surface area contributed by atoms with E-state index in [2.05, 4.69) is 4.98 Å². The first kappa shape index (κ1) is 14.6. The van der Waals surface area contributed by atoms with Gasteiger partial charge in [-0.3, -0.25) is 14.0 Å². The fraction of sp³-hybridized carbons (Fsp3) is 0.533. The van der Waals surface area contributed by atoms with Crippen molar-refractivity contribution >= 4 is 28.2 Å². The lowest BCUT2D eigenvalue weighted by atomic mass is 9.76. The number of aliphatic carboxylic acids is 1. The number of ether oxygens (including phenoxy) is 1. The number of rotatable bonds is 2. The molecule has 0 aromatic carbocycles. The maximum Gasteiger partial charge on any atom is 0.314 e. The molecular formula is C15H17N3O4S. The third-order valence-electron chi connectivity index (χ3n) is 5.02. The van der Waals surface area contributed by atoms with Gasteiger partial charge in [0.1, 0.15) is 11.1 Å². The lowest BCUT2D eigenvalue weighted by Crippen LogP contribution is -2.46. The number of carboxylic acid groups (broad SMARTS) is 1. The number of fused-ring (bicyclic) bond motifs is 2. The summed E-state index contributed by atoms with van der Waals surface area (Å²) in [6.07, 6.45) is 2.50. The molecule has 2 aliphatic rings. The Labute approximate surface area is 136 Å². The van der Waals surface area contributed by atoms with E-state index < -0.39 is 11.4 Å². The second-order valence-electron chi connectivity index (χ2n) is 6.29. The number of carbonyl (C=O) groups excluding carboxylic acids is 1. The molecule has 2 saturated heterocycles. The van der Waals surface area contributed by atoms with E-state index in [1.54, 1.807) is 9.30 Å². The van der Waals surface area contributed by atoms with Crippen LogP contribution in [0, 0.1) is 18.3 Å². The minimum atomic E-state index is -0.972. The van der Waals surface area contributed by atoms with E-state index >= 15 is 0 Å². The van der Waals surface area contributed by atoms with Crippen molar-refractivity contribution in [3.05, 3.63) is 23.0 Å². The fourth-order valence-electron chi connectivity index (χ4n) is 3.75. The van der Waals surface area contributed by atoms with Crippen molar-refractivity contribution in [3.8, 4) is 0 Å². The first-order valence-electron chi connectivity index (χ1n) is 7.55. The zero-order valence-corrected chi connectivity index (χ0v) is 13.5. The van der Waals surface area contributed by atoms with E-state index in [9.17, 15) is 14.7 Å². The van der Waals surface area contributed by atoms with Crippen LogP contribution in [0.1, 0.15) is 22.6 Å². The van der Waals surface area contributed by atoms with Crippen LogP contribution in [0.25, 0.3) is 4.96 Å². The second kappa shape index (κ2) is 5.04. The predicted octanol–water partition coefficient (Wildman–Crippen LogP) is 1.27. The number of amides is 1. The van der Waals surface area contributed by atoms with Crippen molar-refractivity contribution in [2.45, 2.75) is 13.3 Å². The van der Waals surface area contributed by atoms with Crippen LogP contribution < -0.4 is 0 Å². The average Bonchev–Trinajstić information content (AvgIpc) is 3.18. The Morgan fingerprint density at radius 2 is 2.35 bits per heavy atom. The van der Waals surface area contributed by atoms with Crippen LogP contribution in [0.5, 0.6) is 0 Å². The number of nitrogens with zero attached hydrogens (tertiary/aromatic N) is 3.